The molecule has 0 atom stereocenters. The predicted molar refractivity (Wildman–Crippen MR) is 66.0 cm³/mol. The SMILES string of the molecule is [SiH3]O[SiH2]O[SiH2]S[SiH2]O[SiH2]O[SiH3]. The lowest BCUT2D eigenvalue weighted by Gasteiger charge is -2.02. The van der Waals surface area contributed by atoms with Gasteiger partial charge in [-0.3, -0.25) is 0 Å². The molecular formula is H14O4SSi6. The van der Waals surface area contributed by atoms with Crippen LogP contribution in [0.25, 0.3) is 0 Å². The molecule has 0 unspecified atom stereocenters. The maximum Gasteiger partial charge on any atom is 0.283 e. The van der Waals surface area contributed by atoms with Crippen LogP contribution in [0.5, 0.6) is 0 Å². The smallest absolute Gasteiger partial charge is 0.283 e. The van der Waals surface area contributed by atoms with Crippen molar-refractivity contribution in [3.05, 3.63) is 0 Å². The van der Waals surface area contributed by atoms with Crippen LogP contribution in [0.4, 0.5) is 0 Å². The first-order chi connectivity index (χ1) is 5.41. The van der Waals surface area contributed by atoms with Crippen molar-refractivity contribution in [1.82, 2.24) is 0 Å². The average Bonchev–Trinajstić information content (AvgIpc) is 2.03. The van der Waals surface area contributed by atoms with Crippen LogP contribution in [-0.2, 0) is 16.5 Å². The second-order valence-corrected chi connectivity index (χ2v) is 17.2. The summed E-state index contributed by atoms with van der Waals surface area (Å²) in [5.74, 6) is 0. The van der Waals surface area contributed by atoms with E-state index in [1.807, 2.05) is 10.7 Å². The van der Waals surface area contributed by atoms with Gasteiger partial charge in [0.25, 0.3) is 20.0 Å². The second-order valence-electron chi connectivity index (χ2n) is 1.66. The fourth-order valence-corrected chi connectivity index (χ4v) is 16.8. The molecule has 0 aromatic heterocycles. The molecule has 11 heteroatoms. The minimum absolute atomic E-state index is 0.337. The van der Waals surface area contributed by atoms with Gasteiger partial charge in [0.05, 0.1) is 0 Å². The third-order valence-electron chi connectivity index (χ3n) is 0.736. The average molecular weight is 279 g/mol. The molecule has 0 amide bonds. The molecule has 0 heterocycles. The summed E-state index contributed by atoms with van der Waals surface area (Å²) in [4.78, 5) is 0. The molecule has 0 aliphatic heterocycles. The van der Waals surface area contributed by atoms with Gasteiger partial charge in [-0.15, -0.1) is 0 Å². The van der Waals surface area contributed by atoms with E-state index in [0.29, 0.717) is 0 Å². The van der Waals surface area contributed by atoms with Crippen LogP contribution in [0.1, 0.15) is 0 Å². The maximum atomic E-state index is 5.35. The third kappa shape index (κ3) is 11.5. The summed E-state index contributed by atoms with van der Waals surface area (Å²) in [5, 5.41) is 0. The van der Waals surface area contributed by atoms with Gasteiger partial charge in [-0.25, -0.2) is 0 Å². The molecular weight excluding hydrogens is 265 g/mol. The Morgan fingerprint density at radius 1 is 0.909 bits per heavy atom. The molecule has 0 aliphatic carbocycles. The van der Waals surface area contributed by atoms with E-state index in [4.69, 9.17) is 16.5 Å². The first-order valence-corrected chi connectivity index (χ1v) is 12.8. The Morgan fingerprint density at radius 3 is 1.73 bits per heavy atom. The van der Waals surface area contributed by atoms with Crippen LogP contribution < -0.4 is 0 Å². The lowest BCUT2D eigenvalue weighted by atomic mass is 15.8. The van der Waals surface area contributed by atoms with Crippen LogP contribution in [0.3, 0.4) is 0 Å². The molecule has 11 heavy (non-hydrogen) atoms. The predicted octanol–water partition coefficient (Wildman–Crippen LogP) is -5.66. The zero-order valence-electron chi connectivity index (χ0n) is 6.87. The molecule has 0 radical (unpaired) electrons. The van der Waals surface area contributed by atoms with E-state index < -0.39 is 20.0 Å². The molecule has 0 rings (SSSR count). The molecule has 0 N–H and O–H groups in total. The van der Waals surface area contributed by atoms with Crippen molar-refractivity contribution in [2.45, 2.75) is 0 Å². The van der Waals surface area contributed by atoms with Crippen LogP contribution in [0, 0.1) is 0 Å². The fraction of sp³-hybridized carbons (Fsp3) is 0. The minimum Gasteiger partial charge on any atom is -0.449 e. The summed E-state index contributed by atoms with van der Waals surface area (Å²) in [6.45, 7) is 0. The first-order valence-electron chi connectivity index (χ1n) is 3.13. The Kier molecular flexibility index (Phi) is 13.0. The number of hydrogen-bond donors (Lipinski definition) is 0. The Hall–Kier alpha value is 1.49. The molecule has 0 aromatic carbocycles. The highest BCUT2D eigenvalue weighted by Crippen LogP contribution is 1.92. The quantitative estimate of drug-likeness (QED) is 0.327. The zero-order chi connectivity index (χ0) is 8.36. The van der Waals surface area contributed by atoms with Crippen molar-refractivity contribution in [3.63, 3.8) is 0 Å². The summed E-state index contributed by atoms with van der Waals surface area (Å²) >= 11 is 0. The highest BCUT2D eigenvalue weighted by atomic mass is 32.5. The van der Waals surface area contributed by atoms with E-state index >= 15 is 0 Å². The van der Waals surface area contributed by atoms with Gasteiger partial charge in [0.2, 0.25) is 17.8 Å². The number of rotatable bonds is 8. The lowest BCUT2D eigenvalue weighted by Crippen LogP contribution is -2.09. The summed E-state index contributed by atoms with van der Waals surface area (Å²) in [7, 11) is 1.77. The van der Waals surface area contributed by atoms with Gasteiger partial charge in [-0.05, 0) is 0 Å². The van der Waals surface area contributed by atoms with Gasteiger partial charge in [-0.1, -0.05) is 0 Å². The van der Waals surface area contributed by atoms with E-state index in [2.05, 4.69) is 0 Å². The summed E-state index contributed by atoms with van der Waals surface area (Å²) in [6, 6.07) is 0. The van der Waals surface area contributed by atoms with E-state index in [1.54, 1.807) is 0 Å². The topological polar surface area (TPSA) is 36.9 Å². The fourth-order valence-electron chi connectivity index (χ4n) is 0.387. The largest absolute Gasteiger partial charge is 0.449 e. The molecule has 0 aromatic rings. The van der Waals surface area contributed by atoms with Gasteiger partial charge in [-0.2, -0.15) is 10.7 Å². The van der Waals surface area contributed by atoms with Crippen LogP contribution in [0.15, 0.2) is 0 Å². The summed E-state index contributed by atoms with van der Waals surface area (Å²) in [6.07, 6.45) is 0. The van der Waals surface area contributed by atoms with Crippen molar-refractivity contribution in [2.75, 3.05) is 0 Å². The Labute approximate surface area is 85.9 Å². The lowest BCUT2D eigenvalue weighted by molar-refractivity contribution is 0.509. The van der Waals surface area contributed by atoms with E-state index in [1.165, 1.54) is 0 Å². The molecule has 0 aliphatic rings. The summed E-state index contributed by atoms with van der Waals surface area (Å²) < 4.78 is 20.7. The molecule has 0 saturated heterocycles. The van der Waals surface area contributed by atoms with Crippen LogP contribution >= 0.6 is 10.7 Å². The van der Waals surface area contributed by atoms with Gasteiger partial charge in [0.1, 0.15) is 21.0 Å². The third-order valence-corrected chi connectivity index (χ3v) is 12.6. The Bertz CT molecular complexity index is 63.6. The molecule has 0 saturated carbocycles. The van der Waals surface area contributed by atoms with Crippen molar-refractivity contribution < 1.29 is 16.5 Å². The van der Waals surface area contributed by atoms with Crippen molar-refractivity contribution >= 4 is 69.5 Å². The Balaban J connectivity index is 2.69. The molecule has 0 bridgehead atoms. The van der Waals surface area contributed by atoms with Crippen molar-refractivity contribution in [2.24, 2.45) is 0 Å². The van der Waals surface area contributed by atoms with Gasteiger partial charge in [0.15, 0.2) is 0 Å². The van der Waals surface area contributed by atoms with E-state index in [9.17, 15) is 0 Å². The van der Waals surface area contributed by atoms with Gasteiger partial charge in [0, 0.05) is 0 Å². The standard InChI is InChI=1S/H14O4SSi6/c6-1-8-3-10-5-11-4-9-2-7/h8-11H2,6-7H3. The van der Waals surface area contributed by atoms with E-state index in [0.717, 1.165) is 21.0 Å². The zero-order valence-corrected chi connectivity index (χ0v) is 17.3. The van der Waals surface area contributed by atoms with Crippen molar-refractivity contribution in [3.8, 4) is 0 Å². The minimum atomic E-state index is -0.562. The maximum absolute atomic E-state index is 5.35. The highest BCUT2D eigenvalue weighted by Gasteiger charge is 1.90. The van der Waals surface area contributed by atoms with Crippen LogP contribution in [-0.4, -0.2) is 58.8 Å². The van der Waals surface area contributed by atoms with Crippen LogP contribution in [0.2, 0.25) is 0 Å². The van der Waals surface area contributed by atoms with Crippen molar-refractivity contribution in [1.29, 1.82) is 0 Å². The highest BCUT2D eigenvalue weighted by molar-refractivity contribution is 8.39. The molecule has 68 valence electrons. The molecule has 4 nitrogen and oxygen atoms in total. The summed E-state index contributed by atoms with van der Waals surface area (Å²) in [5.41, 5.74) is 0. The molecule has 0 fully saturated rings. The van der Waals surface area contributed by atoms with E-state index in [-0.39, 0.29) is 17.8 Å². The monoisotopic (exact) mass is 278 g/mol. The second kappa shape index (κ2) is 11.5. The van der Waals surface area contributed by atoms with Gasteiger partial charge < -0.3 is 16.5 Å². The van der Waals surface area contributed by atoms with Gasteiger partial charge >= 0.3 is 0 Å². The Morgan fingerprint density at radius 2 is 1.36 bits per heavy atom. The number of hydrogen-bond acceptors (Lipinski definition) is 5. The molecule has 0 spiro atoms. The first kappa shape index (κ1) is 12.5. The normalized spacial score (nSPS) is 15.3.